The zero-order valence-electron chi connectivity index (χ0n) is 18.5. The van der Waals surface area contributed by atoms with Gasteiger partial charge in [-0.1, -0.05) is 48.9 Å². The highest BCUT2D eigenvalue weighted by Gasteiger charge is 2.33. The molecule has 4 heteroatoms. The molecular formula is C27H33NO3. The van der Waals surface area contributed by atoms with E-state index in [1.807, 2.05) is 0 Å². The molecule has 0 spiro atoms. The van der Waals surface area contributed by atoms with Gasteiger partial charge in [0.25, 0.3) is 0 Å². The first-order valence-electron chi connectivity index (χ1n) is 11.6. The van der Waals surface area contributed by atoms with Crippen LogP contribution in [-0.4, -0.2) is 42.2 Å². The number of rotatable bonds is 10. The van der Waals surface area contributed by atoms with Gasteiger partial charge in [-0.15, -0.1) is 0 Å². The van der Waals surface area contributed by atoms with Gasteiger partial charge in [-0.05, 0) is 72.9 Å². The first-order chi connectivity index (χ1) is 15.1. The van der Waals surface area contributed by atoms with Crippen LogP contribution < -0.4 is 4.74 Å². The van der Waals surface area contributed by atoms with Crippen LogP contribution in [0.2, 0.25) is 0 Å². The van der Waals surface area contributed by atoms with Crippen molar-refractivity contribution < 1.29 is 14.6 Å². The monoisotopic (exact) mass is 419 g/mol. The van der Waals surface area contributed by atoms with Crippen molar-refractivity contribution in [2.24, 2.45) is 5.92 Å². The molecular weight excluding hydrogens is 386 g/mol. The van der Waals surface area contributed by atoms with Gasteiger partial charge in [0.2, 0.25) is 0 Å². The van der Waals surface area contributed by atoms with Gasteiger partial charge in [0.15, 0.2) is 0 Å². The molecule has 4 rings (SSSR count). The van der Waals surface area contributed by atoms with Crippen molar-refractivity contribution in [3.8, 4) is 5.75 Å². The summed E-state index contributed by atoms with van der Waals surface area (Å²) in [5, 5.41) is 9.10. The van der Waals surface area contributed by atoms with Gasteiger partial charge >= 0.3 is 5.97 Å². The molecule has 1 heterocycles. The molecule has 0 radical (unpaired) electrons. The number of carbonyl (C=O) groups is 1. The van der Waals surface area contributed by atoms with Crippen molar-refractivity contribution >= 4 is 11.5 Å². The minimum atomic E-state index is -0.664. The van der Waals surface area contributed by atoms with E-state index in [9.17, 15) is 4.79 Å². The van der Waals surface area contributed by atoms with Gasteiger partial charge in [0.1, 0.15) is 5.75 Å². The SMILES string of the molecule is CCC1=C(CN2CC(C(=O)O)C2)CCc2cc(OCCCCc3ccccc3)ccc21. The number of likely N-dealkylation sites (tertiary alicyclic amines) is 1. The quantitative estimate of drug-likeness (QED) is 0.537. The molecule has 2 aromatic carbocycles. The molecule has 31 heavy (non-hydrogen) atoms. The summed E-state index contributed by atoms with van der Waals surface area (Å²) >= 11 is 0. The van der Waals surface area contributed by atoms with Crippen LogP contribution in [0.25, 0.3) is 5.57 Å². The van der Waals surface area contributed by atoms with Gasteiger partial charge in [-0.25, -0.2) is 0 Å². The molecule has 0 saturated carbocycles. The summed E-state index contributed by atoms with van der Waals surface area (Å²) < 4.78 is 6.05. The molecule has 0 bridgehead atoms. The number of carboxylic acid groups (broad SMARTS) is 1. The fourth-order valence-electron chi connectivity index (χ4n) is 4.79. The number of hydrogen-bond donors (Lipinski definition) is 1. The van der Waals surface area contributed by atoms with Crippen molar-refractivity contribution in [1.29, 1.82) is 0 Å². The van der Waals surface area contributed by atoms with E-state index in [0.717, 1.165) is 57.4 Å². The molecule has 0 amide bonds. The second-order valence-electron chi connectivity index (χ2n) is 8.78. The van der Waals surface area contributed by atoms with Crippen molar-refractivity contribution in [2.45, 2.75) is 45.4 Å². The topological polar surface area (TPSA) is 49.8 Å². The van der Waals surface area contributed by atoms with E-state index >= 15 is 0 Å². The van der Waals surface area contributed by atoms with Crippen LogP contribution in [-0.2, 0) is 17.6 Å². The Morgan fingerprint density at radius 1 is 1.10 bits per heavy atom. The highest BCUT2D eigenvalue weighted by Crippen LogP contribution is 2.36. The average Bonchev–Trinajstić information content (AvgIpc) is 2.75. The number of aliphatic carboxylic acids is 1. The number of carboxylic acids is 1. The summed E-state index contributed by atoms with van der Waals surface area (Å²) in [5.41, 5.74) is 7.05. The van der Waals surface area contributed by atoms with Crippen molar-refractivity contribution in [2.75, 3.05) is 26.2 Å². The molecule has 1 aliphatic heterocycles. The number of allylic oxidation sites excluding steroid dienone is 1. The van der Waals surface area contributed by atoms with Gasteiger partial charge in [-0.3, -0.25) is 9.69 Å². The second-order valence-corrected chi connectivity index (χ2v) is 8.78. The van der Waals surface area contributed by atoms with E-state index in [-0.39, 0.29) is 5.92 Å². The summed E-state index contributed by atoms with van der Waals surface area (Å²) in [5.74, 6) is 0.126. The number of hydrogen-bond acceptors (Lipinski definition) is 3. The molecule has 1 N–H and O–H groups in total. The maximum atomic E-state index is 11.1. The summed E-state index contributed by atoms with van der Waals surface area (Å²) in [6.45, 7) is 5.25. The molecule has 0 aromatic heterocycles. The molecule has 164 valence electrons. The maximum absolute atomic E-state index is 11.1. The van der Waals surface area contributed by atoms with E-state index < -0.39 is 5.97 Å². The van der Waals surface area contributed by atoms with Gasteiger partial charge in [0.05, 0.1) is 12.5 Å². The lowest BCUT2D eigenvalue weighted by Gasteiger charge is -2.38. The fourth-order valence-corrected chi connectivity index (χ4v) is 4.79. The Kier molecular flexibility index (Phi) is 7.08. The van der Waals surface area contributed by atoms with E-state index in [0.29, 0.717) is 13.1 Å². The molecule has 1 aliphatic carbocycles. The third-order valence-electron chi connectivity index (χ3n) is 6.57. The lowest BCUT2D eigenvalue weighted by atomic mass is 9.83. The average molecular weight is 420 g/mol. The zero-order chi connectivity index (χ0) is 21.6. The number of benzene rings is 2. The lowest BCUT2D eigenvalue weighted by Crippen LogP contribution is -2.50. The Morgan fingerprint density at radius 3 is 2.65 bits per heavy atom. The number of aryl methyl sites for hydroxylation is 2. The smallest absolute Gasteiger partial charge is 0.309 e. The van der Waals surface area contributed by atoms with Crippen LogP contribution in [0, 0.1) is 5.92 Å². The van der Waals surface area contributed by atoms with Gasteiger partial charge in [0, 0.05) is 19.6 Å². The van der Waals surface area contributed by atoms with Crippen molar-refractivity contribution in [3.05, 3.63) is 70.8 Å². The predicted molar refractivity (Wildman–Crippen MR) is 124 cm³/mol. The van der Waals surface area contributed by atoms with Crippen molar-refractivity contribution in [3.63, 3.8) is 0 Å². The Bertz CT molecular complexity index is 929. The summed E-state index contributed by atoms with van der Waals surface area (Å²) in [7, 11) is 0. The molecule has 0 unspecified atom stereocenters. The highest BCUT2D eigenvalue weighted by molar-refractivity contribution is 5.74. The standard InChI is InChI=1S/C27H33NO3/c1-2-25-22(17-28-18-23(19-28)27(29)30)12-11-21-16-24(13-14-26(21)25)31-15-7-6-10-20-8-4-3-5-9-20/h3-5,8-9,13-14,16,23H,2,6-7,10-12,15,17-19H2,1H3,(H,29,30). The first kappa shape index (κ1) is 21.6. The van der Waals surface area contributed by atoms with Gasteiger partial charge in [-0.2, -0.15) is 0 Å². The summed E-state index contributed by atoms with van der Waals surface area (Å²) in [6, 6.07) is 17.2. The fraction of sp³-hybridized carbons (Fsp3) is 0.444. The minimum Gasteiger partial charge on any atom is -0.494 e. The highest BCUT2D eigenvalue weighted by atomic mass is 16.5. The van der Waals surface area contributed by atoms with Crippen LogP contribution in [0.5, 0.6) is 5.75 Å². The Labute approximate surface area is 185 Å². The zero-order valence-corrected chi connectivity index (χ0v) is 18.5. The molecule has 2 aliphatic rings. The Balaban J connectivity index is 1.30. The first-order valence-corrected chi connectivity index (χ1v) is 11.6. The van der Waals surface area contributed by atoms with E-state index in [1.54, 1.807) is 0 Å². The Hall–Kier alpha value is -2.59. The normalized spacial score (nSPS) is 16.7. The van der Waals surface area contributed by atoms with Crippen LogP contribution >= 0.6 is 0 Å². The summed E-state index contributed by atoms with van der Waals surface area (Å²) in [6.07, 6.45) is 6.41. The molecule has 0 atom stereocenters. The number of fused-ring (bicyclic) bond motifs is 1. The van der Waals surface area contributed by atoms with E-state index in [1.165, 1.54) is 27.8 Å². The summed E-state index contributed by atoms with van der Waals surface area (Å²) in [4.78, 5) is 13.3. The second kappa shape index (κ2) is 10.1. The number of nitrogens with zero attached hydrogens (tertiary/aromatic N) is 1. The molecule has 1 saturated heterocycles. The third kappa shape index (κ3) is 5.37. The molecule has 2 aromatic rings. The number of unbranched alkanes of at least 4 members (excludes halogenated alkanes) is 1. The number of ether oxygens (including phenoxy) is 1. The van der Waals surface area contributed by atoms with Crippen LogP contribution in [0.4, 0.5) is 0 Å². The van der Waals surface area contributed by atoms with Crippen LogP contribution in [0.3, 0.4) is 0 Å². The van der Waals surface area contributed by atoms with Crippen LogP contribution in [0.15, 0.2) is 54.1 Å². The third-order valence-corrected chi connectivity index (χ3v) is 6.57. The molecule has 1 fully saturated rings. The molecule has 4 nitrogen and oxygen atoms in total. The maximum Gasteiger partial charge on any atom is 0.309 e. The van der Waals surface area contributed by atoms with Crippen molar-refractivity contribution in [1.82, 2.24) is 4.90 Å². The largest absolute Gasteiger partial charge is 0.494 e. The van der Waals surface area contributed by atoms with Gasteiger partial charge < -0.3 is 9.84 Å². The van der Waals surface area contributed by atoms with E-state index in [4.69, 9.17) is 9.84 Å². The van der Waals surface area contributed by atoms with E-state index in [2.05, 4.69) is 60.4 Å². The Morgan fingerprint density at radius 2 is 1.90 bits per heavy atom. The van der Waals surface area contributed by atoms with Crippen LogP contribution in [0.1, 0.15) is 49.3 Å². The minimum absolute atomic E-state index is 0.186. The predicted octanol–water partition coefficient (Wildman–Crippen LogP) is 5.21. The lowest BCUT2D eigenvalue weighted by molar-refractivity contribution is -0.147.